The van der Waals surface area contributed by atoms with Crippen LogP contribution in [0.4, 0.5) is 18.9 Å². The number of ether oxygens (including phenoxy) is 3. The van der Waals surface area contributed by atoms with Gasteiger partial charge in [-0.2, -0.15) is 23.3 Å². The van der Waals surface area contributed by atoms with Crippen LogP contribution in [0.5, 0.6) is 11.5 Å². The zero-order valence-electron chi connectivity index (χ0n) is 17.9. The molecule has 0 fully saturated rings. The van der Waals surface area contributed by atoms with Crippen LogP contribution in [0.1, 0.15) is 19.4 Å². The van der Waals surface area contributed by atoms with Gasteiger partial charge < -0.3 is 14.2 Å². The van der Waals surface area contributed by atoms with Crippen molar-refractivity contribution in [3.63, 3.8) is 0 Å². The molecule has 3 rings (SSSR count). The molecule has 2 aromatic carbocycles. The molecule has 0 atom stereocenters. The number of rotatable bonds is 8. The number of nitrogens with zero attached hydrogens (tertiary/aromatic N) is 2. The van der Waals surface area contributed by atoms with E-state index in [1.54, 1.807) is 32.0 Å². The molecule has 1 aliphatic heterocycles. The fourth-order valence-corrected chi connectivity index (χ4v) is 3.01. The van der Waals surface area contributed by atoms with Gasteiger partial charge in [-0.15, -0.1) is 0 Å². The Kier molecular flexibility index (Phi) is 7.37. The van der Waals surface area contributed by atoms with Crippen LogP contribution < -0.4 is 14.5 Å². The van der Waals surface area contributed by atoms with E-state index in [9.17, 15) is 22.8 Å². The lowest BCUT2D eigenvalue weighted by molar-refractivity contribution is -0.145. The zero-order chi connectivity index (χ0) is 24.0. The van der Waals surface area contributed by atoms with Gasteiger partial charge in [0.2, 0.25) is 0 Å². The summed E-state index contributed by atoms with van der Waals surface area (Å²) in [5.74, 6) is -1.07. The molecule has 0 radical (unpaired) electrons. The Morgan fingerprint density at radius 3 is 2.39 bits per heavy atom. The fourth-order valence-electron chi connectivity index (χ4n) is 3.01. The van der Waals surface area contributed by atoms with E-state index in [1.807, 2.05) is 0 Å². The highest BCUT2D eigenvalue weighted by molar-refractivity contribution is 6.34. The quantitative estimate of drug-likeness (QED) is 0.430. The Bertz CT molecular complexity index is 1080. The zero-order valence-corrected chi connectivity index (χ0v) is 17.9. The lowest BCUT2D eigenvalue weighted by atomic mass is 10.1. The number of esters is 1. The van der Waals surface area contributed by atoms with Crippen LogP contribution in [-0.4, -0.2) is 43.6 Å². The van der Waals surface area contributed by atoms with Gasteiger partial charge in [-0.25, -0.2) is 4.79 Å². The molecule has 0 aromatic heterocycles. The number of para-hydroxylation sites is 1. The lowest BCUT2D eigenvalue weighted by Crippen LogP contribution is -2.25. The largest absolute Gasteiger partial charge is 0.490 e. The van der Waals surface area contributed by atoms with Gasteiger partial charge >= 0.3 is 12.1 Å². The summed E-state index contributed by atoms with van der Waals surface area (Å²) < 4.78 is 56.6. The highest BCUT2D eigenvalue weighted by atomic mass is 19.4. The fraction of sp³-hybridized carbons (Fsp3) is 0.261. The number of alkyl halides is 3. The Labute approximate surface area is 188 Å². The van der Waals surface area contributed by atoms with Crippen molar-refractivity contribution in [1.29, 1.82) is 0 Å². The number of carbonyl (C=O) groups excluding carboxylic acids is 2. The number of hydrogen-bond donors (Lipinski definition) is 0. The molecule has 7 nitrogen and oxygen atoms in total. The second-order valence-electron chi connectivity index (χ2n) is 6.69. The molecule has 10 heteroatoms. The maximum atomic E-state index is 13.6. The van der Waals surface area contributed by atoms with Crippen LogP contribution in [0.25, 0.3) is 6.08 Å². The van der Waals surface area contributed by atoms with Gasteiger partial charge in [-0.3, -0.25) is 4.79 Å². The maximum absolute atomic E-state index is 13.6. The molecule has 0 aliphatic carbocycles. The van der Waals surface area contributed by atoms with Crippen LogP contribution in [0.3, 0.4) is 0 Å². The minimum absolute atomic E-state index is 0.199. The van der Waals surface area contributed by atoms with Crippen molar-refractivity contribution in [3.05, 3.63) is 59.7 Å². The standard InChI is InChI=1S/C23H21F3N2O5/c1-3-31-19-13-15(10-11-18(19)33-14-20(29)32-4-2)12-17-21(23(24,25)26)27-28(22(17)30)16-8-6-5-7-9-16/h5-13H,3-4,14H2,1-2H3/b17-12-. The van der Waals surface area contributed by atoms with Crippen molar-refractivity contribution >= 4 is 29.4 Å². The van der Waals surface area contributed by atoms with Crippen molar-refractivity contribution in [2.75, 3.05) is 24.8 Å². The van der Waals surface area contributed by atoms with E-state index in [4.69, 9.17) is 14.2 Å². The van der Waals surface area contributed by atoms with Gasteiger partial charge in [0.1, 0.15) is 0 Å². The summed E-state index contributed by atoms with van der Waals surface area (Å²) in [6.07, 6.45) is -3.74. The molecule has 0 N–H and O–H groups in total. The number of carbonyl (C=O) groups is 2. The van der Waals surface area contributed by atoms with Crippen molar-refractivity contribution in [2.45, 2.75) is 20.0 Å². The second-order valence-corrected chi connectivity index (χ2v) is 6.69. The summed E-state index contributed by atoms with van der Waals surface area (Å²) in [4.78, 5) is 24.4. The summed E-state index contributed by atoms with van der Waals surface area (Å²) in [5.41, 5.74) is -1.42. The van der Waals surface area contributed by atoms with Crippen molar-refractivity contribution in [1.82, 2.24) is 0 Å². The number of hydrogen-bond acceptors (Lipinski definition) is 6. The van der Waals surface area contributed by atoms with Crippen LogP contribution in [0, 0.1) is 0 Å². The SMILES string of the molecule is CCOC(=O)COc1ccc(/C=C2\C(=O)N(c3ccccc3)N=C2C(F)(F)F)cc1OCC. The van der Waals surface area contributed by atoms with Crippen molar-refractivity contribution < 1.29 is 37.0 Å². The monoisotopic (exact) mass is 462 g/mol. The van der Waals surface area contributed by atoms with Crippen molar-refractivity contribution in [3.8, 4) is 11.5 Å². The van der Waals surface area contributed by atoms with Gasteiger partial charge in [0.15, 0.2) is 23.8 Å². The Morgan fingerprint density at radius 2 is 1.76 bits per heavy atom. The first-order valence-electron chi connectivity index (χ1n) is 10.1. The highest BCUT2D eigenvalue weighted by Gasteiger charge is 2.46. The van der Waals surface area contributed by atoms with Crippen LogP contribution >= 0.6 is 0 Å². The Hall–Kier alpha value is -3.82. The molecular weight excluding hydrogens is 441 g/mol. The third-order valence-corrected chi connectivity index (χ3v) is 4.38. The van der Waals surface area contributed by atoms with Gasteiger partial charge in [0.05, 0.1) is 24.5 Å². The summed E-state index contributed by atoms with van der Waals surface area (Å²) in [5, 5.41) is 4.25. The summed E-state index contributed by atoms with van der Waals surface area (Å²) >= 11 is 0. The molecule has 1 amide bonds. The first kappa shape index (κ1) is 23.8. The normalized spacial score (nSPS) is 14.9. The Balaban J connectivity index is 1.94. The van der Waals surface area contributed by atoms with Crippen LogP contribution in [0.15, 0.2) is 59.2 Å². The van der Waals surface area contributed by atoms with E-state index in [-0.39, 0.29) is 42.6 Å². The minimum atomic E-state index is -4.84. The van der Waals surface area contributed by atoms with E-state index < -0.39 is 29.3 Å². The molecule has 0 spiro atoms. The molecule has 174 valence electrons. The van der Waals surface area contributed by atoms with E-state index in [0.29, 0.717) is 0 Å². The van der Waals surface area contributed by atoms with E-state index in [2.05, 4.69) is 5.10 Å². The van der Waals surface area contributed by atoms with Crippen molar-refractivity contribution in [2.24, 2.45) is 5.10 Å². The van der Waals surface area contributed by atoms with E-state index >= 15 is 0 Å². The summed E-state index contributed by atoms with van der Waals surface area (Å²) in [7, 11) is 0. The van der Waals surface area contributed by atoms with E-state index in [1.165, 1.54) is 30.3 Å². The first-order chi connectivity index (χ1) is 15.7. The van der Waals surface area contributed by atoms with E-state index in [0.717, 1.165) is 11.1 Å². The third-order valence-electron chi connectivity index (χ3n) is 4.38. The predicted octanol–water partition coefficient (Wildman–Crippen LogP) is 4.38. The average Bonchev–Trinajstić information content (AvgIpc) is 3.11. The smallest absolute Gasteiger partial charge is 0.435 e. The highest BCUT2D eigenvalue weighted by Crippen LogP contribution is 2.34. The van der Waals surface area contributed by atoms with Gasteiger partial charge in [-0.1, -0.05) is 24.3 Å². The molecule has 0 saturated heterocycles. The predicted molar refractivity (Wildman–Crippen MR) is 115 cm³/mol. The summed E-state index contributed by atoms with van der Waals surface area (Å²) in [6, 6.07) is 12.1. The number of halogens is 3. The number of anilines is 1. The second kappa shape index (κ2) is 10.2. The minimum Gasteiger partial charge on any atom is -0.490 e. The number of benzene rings is 2. The Morgan fingerprint density at radius 1 is 1.03 bits per heavy atom. The van der Waals surface area contributed by atoms with Gasteiger partial charge in [0.25, 0.3) is 5.91 Å². The van der Waals surface area contributed by atoms with Crippen LogP contribution in [-0.2, 0) is 14.3 Å². The van der Waals surface area contributed by atoms with Crippen LogP contribution in [0.2, 0.25) is 0 Å². The topological polar surface area (TPSA) is 77.4 Å². The molecule has 0 bridgehead atoms. The summed E-state index contributed by atoms with van der Waals surface area (Å²) in [6.45, 7) is 3.46. The lowest BCUT2D eigenvalue weighted by Gasteiger charge is -2.13. The molecule has 33 heavy (non-hydrogen) atoms. The average molecular weight is 462 g/mol. The molecule has 1 heterocycles. The van der Waals surface area contributed by atoms with Gasteiger partial charge in [0, 0.05) is 0 Å². The third kappa shape index (κ3) is 5.71. The first-order valence-corrected chi connectivity index (χ1v) is 10.1. The molecule has 0 saturated carbocycles. The van der Waals surface area contributed by atoms with Gasteiger partial charge in [-0.05, 0) is 49.8 Å². The maximum Gasteiger partial charge on any atom is 0.435 e. The molecular formula is C23H21F3N2O5. The number of amides is 1. The number of hydrazone groups is 1. The molecule has 2 aromatic rings. The molecule has 0 unspecified atom stereocenters. The molecule has 1 aliphatic rings.